The average molecular weight is 433 g/mol. The van der Waals surface area contributed by atoms with Gasteiger partial charge in [-0.2, -0.15) is 0 Å². The normalized spacial score (nSPS) is 14.3. The monoisotopic (exact) mass is 432 g/mol. The quantitative estimate of drug-likeness (QED) is 0.459. The number of anilines is 1. The van der Waals surface area contributed by atoms with Crippen LogP contribution in [-0.2, 0) is 12.8 Å². The molecule has 0 N–H and O–H groups in total. The maximum absolute atomic E-state index is 6.25. The molecule has 0 aromatic carbocycles. The van der Waals surface area contributed by atoms with Gasteiger partial charge in [-0.1, -0.05) is 11.6 Å². The molecule has 1 aliphatic rings. The van der Waals surface area contributed by atoms with Crippen molar-refractivity contribution in [2.24, 2.45) is 0 Å². The summed E-state index contributed by atoms with van der Waals surface area (Å²) < 4.78 is 2.02. The zero-order valence-corrected chi connectivity index (χ0v) is 18.4. The van der Waals surface area contributed by atoms with Crippen LogP contribution >= 0.6 is 11.6 Å². The van der Waals surface area contributed by atoms with Gasteiger partial charge in [0.05, 0.1) is 12.1 Å². The molecule has 6 nitrogen and oxygen atoms in total. The number of aryl methyl sites for hydroxylation is 1. The average Bonchev–Trinajstić information content (AvgIpc) is 3.21. The summed E-state index contributed by atoms with van der Waals surface area (Å²) in [6.07, 6.45) is 10.8. The van der Waals surface area contributed by atoms with E-state index in [4.69, 9.17) is 21.6 Å². The minimum absolute atomic E-state index is 0.565. The smallest absolute Gasteiger partial charge is 0.136 e. The van der Waals surface area contributed by atoms with Crippen LogP contribution in [0.25, 0.3) is 5.65 Å². The van der Waals surface area contributed by atoms with Crippen LogP contribution in [0.2, 0.25) is 5.02 Å². The van der Waals surface area contributed by atoms with Crippen LogP contribution in [0.5, 0.6) is 0 Å². The SMILES string of the molecule is Cc1cc(Cl)cc(Cc2nc(Cc3ccn4ccnc4c3)cc(N3CCCCC3)n2)n1. The van der Waals surface area contributed by atoms with Gasteiger partial charge in [0.15, 0.2) is 0 Å². The Morgan fingerprint density at radius 2 is 1.74 bits per heavy atom. The predicted octanol–water partition coefficient (Wildman–Crippen LogP) is 4.65. The highest BCUT2D eigenvalue weighted by Gasteiger charge is 2.16. The first-order valence-electron chi connectivity index (χ1n) is 10.8. The van der Waals surface area contributed by atoms with Crippen LogP contribution in [0.1, 0.15) is 47.7 Å². The minimum Gasteiger partial charge on any atom is -0.357 e. The van der Waals surface area contributed by atoms with Gasteiger partial charge in [0.2, 0.25) is 0 Å². The predicted molar refractivity (Wildman–Crippen MR) is 123 cm³/mol. The largest absolute Gasteiger partial charge is 0.357 e. The summed E-state index contributed by atoms with van der Waals surface area (Å²) in [4.78, 5) is 21.2. The van der Waals surface area contributed by atoms with E-state index in [0.717, 1.165) is 53.9 Å². The number of halogens is 1. The first-order valence-corrected chi connectivity index (χ1v) is 11.2. The van der Waals surface area contributed by atoms with Crippen molar-refractivity contribution >= 4 is 23.1 Å². The van der Waals surface area contributed by atoms with E-state index in [1.165, 1.54) is 24.8 Å². The second-order valence-electron chi connectivity index (χ2n) is 8.18. The summed E-state index contributed by atoms with van der Waals surface area (Å²) in [7, 11) is 0. The standard InChI is InChI=1S/C24H25ClN6/c1-17-11-19(25)14-21(27-17)15-22-28-20(16-24(29-22)30-7-3-2-4-8-30)12-18-5-9-31-10-6-26-23(31)13-18/h5-6,9-11,13-14,16H,2-4,7-8,12,15H2,1H3. The van der Waals surface area contributed by atoms with Gasteiger partial charge in [0, 0.05) is 60.6 Å². The van der Waals surface area contributed by atoms with Crippen molar-refractivity contribution in [1.29, 1.82) is 0 Å². The third kappa shape index (κ3) is 4.69. The van der Waals surface area contributed by atoms with Crippen LogP contribution in [0, 0.1) is 6.92 Å². The number of piperidine rings is 1. The lowest BCUT2D eigenvalue weighted by molar-refractivity contribution is 0.571. The van der Waals surface area contributed by atoms with Gasteiger partial charge in [-0.3, -0.25) is 4.98 Å². The summed E-state index contributed by atoms with van der Waals surface area (Å²) in [5.41, 5.74) is 4.94. The third-order valence-corrected chi connectivity index (χ3v) is 5.87. The molecule has 0 amide bonds. The Bertz CT molecular complexity index is 1190. The summed E-state index contributed by atoms with van der Waals surface area (Å²) in [6.45, 7) is 4.05. The van der Waals surface area contributed by atoms with E-state index < -0.39 is 0 Å². The summed E-state index contributed by atoms with van der Waals surface area (Å²) in [5, 5.41) is 0.697. The summed E-state index contributed by atoms with van der Waals surface area (Å²) >= 11 is 6.25. The highest BCUT2D eigenvalue weighted by molar-refractivity contribution is 6.30. The highest BCUT2D eigenvalue weighted by Crippen LogP contribution is 2.22. The first-order chi connectivity index (χ1) is 15.1. The Labute approximate surface area is 187 Å². The molecule has 31 heavy (non-hydrogen) atoms. The maximum atomic E-state index is 6.25. The van der Waals surface area contributed by atoms with E-state index in [1.54, 1.807) is 0 Å². The molecule has 1 fully saturated rings. The molecule has 4 aromatic heterocycles. The van der Waals surface area contributed by atoms with E-state index >= 15 is 0 Å². The fourth-order valence-electron chi connectivity index (χ4n) is 4.21. The number of imidazole rings is 1. The van der Waals surface area contributed by atoms with Crippen molar-refractivity contribution in [3.63, 3.8) is 0 Å². The van der Waals surface area contributed by atoms with Gasteiger partial charge in [-0.05, 0) is 56.0 Å². The van der Waals surface area contributed by atoms with Gasteiger partial charge in [0.1, 0.15) is 17.3 Å². The van der Waals surface area contributed by atoms with Crippen LogP contribution in [0.15, 0.2) is 48.9 Å². The van der Waals surface area contributed by atoms with Crippen molar-refractivity contribution in [3.05, 3.63) is 82.4 Å². The zero-order valence-electron chi connectivity index (χ0n) is 17.6. The molecule has 1 aliphatic heterocycles. The van der Waals surface area contributed by atoms with Crippen molar-refractivity contribution < 1.29 is 0 Å². The number of hydrogen-bond acceptors (Lipinski definition) is 5. The van der Waals surface area contributed by atoms with E-state index in [9.17, 15) is 0 Å². The molecule has 0 unspecified atom stereocenters. The van der Waals surface area contributed by atoms with Gasteiger partial charge in [-0.25, -0.2) is 15.0 Å². The van der Waals surface area contributed by atoms with E-state index in [2.05, 4.69) is 33.1 Å². The van der Waals surface area contributed by atoms with E-state index in [0.29, 0.717) is 11.4 Å². The molecule has 158 valence electrons. The molecule has 0 bridgehead atoms. The van der Waals surface area contributed by atoms with Crippen LogP contribution in [0.4, 0.5) is 5.82 Å². The Balaban J connectivity index is 1.48. The Hall–Kier alpha value is -2.99. The topological polar surface area (TPSA) is 59.2 Å². The second kappa shape index (κ2) is 8.63. The molecular weight excluding hydrogens is 408 g/mol. The Morgan fingerprint density at radius 3 is 2.58 bits per heavy atom. The molecule has 7 heteroatoms. The summed E-state index contributed by atoms with van der Waals surface area (Å²) in [5.74, 6) is 1.80. The fraction of sp³-hybridized carbons (Fsp3) is 0.333. The summed E-state index contributed by atoms with van der Waals surface area (Å²) in [6, 6.07) is 10.1. The lowest BCUT2D eigenvalue weighted by atomic mass is 10.1. The van der Waals surface area contributed by atoms with Crippen molar-refractivity contribution in [3.8, 4) is 0 Å². The highest BCUT2D eigenvalue weighted by atomic mass is 35.5. The second-order valence-corrected chi connectivity index (χ2v) is 8.62. The molecule has 1 saturated heterocycles. The number of hydrogen-bond donors (Lipinski definition) is 0. The van der Waals surface area contributed by atoms with Crippen LogP contribution < -0.4 is 4.90 Å². The molecule has 0 radical (unpaired) electrons. The molecular formula is C24H25ClN6. The van der Waals surface area contributed by atoms with Crippen molar-refractivity contribution in [2.45, 2.75) is 39.0 Å². The molecule has 0 atom stereocenters. The van der Waals surface area contributed by atoms with E-state index in [1.807, 2.05) is 42.0 Å². The number of fused-ring (bicyclic) bond motifs is 1. The zero-order chi connectivity index (χ0) is 21.2. The number of pyridine rings is 2. The van der Waals surface area contributed by atoms with Crippen LogP contribution in [-0.4, -0.2) is 37.4 Å². The van der Waals surface area contributed by atoms with Crippen molar-refractivity contribution in [1.82, 2.24) is 24.3 Å². The molecule has 0 aliphatic carbocycles. The Morgan fingerprint density at radius 1 is 0.903 bits per heavy atom. The molecule has 5 rings (SSSR count). The maximum Gasteiger partial charge on any atom is 0.136 e. The minimum atomic E-state index is 0.565. The van der Waals surface area contributed by atoms with Crippen LogP contribution in [0.3, 0.4) is 0 Å². The van der Waals surface area contributed by atoms with Gasteiger partial charge in [-0.15, -0.1) is 0 Å². The molecule has 0 saturated carbocycles. The molecule has 0 spiro atoms. The van der Waals surface area contributed by atoms with E-state index in [-0.39, 0.29) is 0 Å². The Kier molecular flexibility index (Phi) is 5.55. The lowest BCUT2D eigenvalue weighted by Crippen LogP contribution is -2.30. The van der Waals surface area contributed by atoms with Gasteiger partial charge < -0.3 is 9.30 Å². The number of nitrogens with zero attached hydrogens (tertiary/aromatic N) is 6. The molecule has 4 aromatic rings. The molecule has 5 heterocycles. The first kappa shape index (κ1) is 19.9. The number of rotatable bonds is 5. The third-order valence-electron chi connectivity index (χ3n) is 5.65. The fourth-order valence-corrected chi connectivity index (χ4v) is 4.49. The van der Waals surface area contributed by atoms with Gasteiger partial charge in [0.25, 0.3) is 0 Å². The van der Waals surface area contributed by atoms with Crippen molar-refractivity contribution in [2.75, 3.05) is 18.0 Å². The van der Waals surface area contributed by atoms with Gasteiger partial charge >= 0.3 is 0 Å². The number of aromatic nitrogens is 5. The lowest BCUT2D eigenvalue weighted by Gasteiger charge is -2.28.